The summed E-state index contributed by atoms with van der Waals surface area (Å²) in [5.41, 5.74) is -0.217. The Kier molecular flexibility index (Phi) is 5.63. The standard InChI is InChI=1S/C21H21F2N3O3/c1-3-21(15-7-5-4-6-8-15)19(28)26(20(29)25-21)12-18(27)24-13(2)14-9-10-16(22)17(23)11-14/h4-11,13H,3,12H2,1-2H3,(H,24,27)(H,25,29)/t13-,21-/m1/s1. The van der Waals surface area contributed by atoms with Crippen LogP contribution < -0.4 is 10.6 Å². The number of urea groups is 1. The van der Waals surface area contributed by atoms with E-state index in [4.69, 9.17) is 0 Å². The lowest BCUT2D eigenvalue weighted by Crippen LogP contribution is -2.45. The molecule has 1 aliphatic heterocycles. The smallest absolute Gasteiger partial charge is 0.325 e. The van der Waals surface area contributed by atoms with Gasteiger partial charge in [0.1, 0.15) is 12.1 Å². The average molecular weight is 401 g/mol. The summed E-state index contributed by atoms with van der Waals surface area (Å²) in [5, 5.41) is 5.30. The third-order valence-corrected chi connectivity index (χ3v) is 5.10. The van der Waals surface area contributed by atoms with E-state index in [1.807, 2.05) is 0 Å². The van der Waals surface area contributed by atoms with Crippen LogP contribution in [0.5, 0.6) is 0 Å². The number of carbonyl (C=O) groups excluding carboxylic acids is 3. The molecular weight excluding hydrogens is 380 g/mol. The molecule has 0 aliphatic carbocycles. The van der Waals surface area contributed by atoms with Crippen LogP contribution in [0.3, 0.4) is 0 Å². The maximum absolute atomic E-state index is 13.4. The van der Waals surface area contributed by atoms with Crippen LogP contribution in [0.2, 0.25) is 0 Å². The number of nitrogens with zero attached hydrogens (tertiary/aromatic N) is 1. The summed E-state index contributed by atoms with van der Waals surface area (Å²) in [6.07, 6.45) is 0.324. The summed E-state index contributed by atoms with van der Waals surface area (Å²) < 4.78 is 26.5. The van der Waals surface area contributed by atoms with Crippen LogP contribution in [0.1, 0.15) is 37.4 Å². The lowest BCUT2D eigenvalue weighted by atomic mass is 9.87. The predicted octanol–water partition coefficient (Wildman–Crippen LogP) is 3.00. The molecule has 29 heavy (non-hydrogen) atoms. The number of benzene rings is 2. The number of amides is 4. The molecule has 3 rings (SSSR count). The van der Waals surface area contributed by atoms with Gasteiger partial charge in [-0.25, -0.2) is 13.6 Å². The maximum Gasteiger partial charge on any atom is 0.325 e. The van der Waals surface area contributed by atoms with E-state index < -0.39 is 47.6 Å². The topological polar surface area (TPSA) is 78.5 Å². The normalized spacial score (nSPS) is 19.8. The van der Waals surface area contributed by atoms with Crippen LogP contribution in [0.25, 0.3) is 0 Å². The number of rotatable bonds is 6. The molecule has 0 spiro atoms. The molecule has 0 unspecified atom stereocenters. The van der Waals surface area contributed by atoms with Crippen molar-refractivity contribution in [2.24, 2.45) is 0 Å². The Labute approximate surface area is 166 Å². The molecule has 0 bridgehead atoms. The Balaban J connectivity index is 1.72. The second-order valence-electron chi connectivity index (χ2n) is 6.91. The van der Waals surface area contributed by atoms with Gasteiger partial charge in [0, 0.05) is 0 Å². The van der Waals surface area contributed by atoms with Gasteiger partial charge in [0.05, 0.1) is 6.04 Å². The molecule has 1 fully saturated rings. The van der Waals surface area contributed by atoms with Crippen LogP contribution in [-0.2, 0) is 15.1 Å². The first kappa shape index (κ1) is 20.4. The fourth-order valence-corrected chi connectivity index (χ4v) is 3.43. The molecule has 0 aromatic heterocycles. The summed E-state index contributed by atoms with van der Waals surface area (Å²) in [4.78, 5) is 38.7. The molecule has 6 nitrogen and oxygen atoms in total. The van der Waals surface area contributed by atoms with Gasteiger partial charge in [-0.05, 0) is 36.6 Å². The quantitative estimate of drug-likeness (QED) is 0.731. The van der Waals surface area contributed by atoms with E-state index in [9.17, 15) is 23.2 Å². The van der Waals surface area contributed by atoms with Crippen molar-refractivity contribution in [3.8, 4) is 0 Å². The zero-order chi connectivity index (χ0) is 21.2. The van der Waals surface area contributed by atoms with E-state index >= 15 is 0 Å². The Morgan fingerprint density at radius 2 is 1.83 bits per heavy atom. The molecule has 2 atom stereocenters. The van der Waals surface area contributed by atoms with Crippen molar-refractivity contribution >= 4 is 17.8 Å². The number of nitrogens with one attached hydrogen (secondary N) is 2. The van der Waals surface area contributed by atoms with Crippen LogP contribution in [0.4, 0.5) is 13.6 Å². The highest BCUT2D eigenvalue weighted by atomic mass is 19.2. The number of carbonyl (C=O) groups is 3. The van der Waals surface area contributed by atoms with Crippen LogP contribution in [0.15, 0.2) is 48.5 Å². The highest BCUT2D eigenvalue weighted by Gasteiger charge is 2.51. The summed E-state index contributed by atoms with van der Waals surface area (Å²) in [5.74, 6) is -3.10. The van der Waals surface area contributed by atoms with Crippen molar-refractivity contribution in [2.75, 3.05) is 6.54 Å². The molecular formula is C21H21F2N3O3. The Morgan fingerprint density at radius 1 is 1.14 bits per heavy atom. The summed E-state index contributed by atoms with van der Waals surface area (Å²) >= 11 is 0. The molecule has 2 aromatic carbocycles. The van der Waals surface area contributed by atoms with Crippen molar-refractivity contribution in [3.63, 3.8) is 0 Å². The molecule has 1 aliphatic rings. The fourth-order valence-electron chi connectivity index (χ4n) is 3.43. The molecule has 0 radical (unpaired) electrons. The molecule has 8 heteroatoms. The predicted molar refractivity (Wildman–Crippen MR) is 102 cm³/mol. The number of hydrogen-bond donors (Lipinski definition) is 2. The van der Waals surface area contributed by atoms with Crippen LogP contribution in [0, 0.1) is 11.6 Å². The van der Waals surface area contributed by atoms with E-state index in [1.165, 1.54) is 6.07 Å². The Bertz CT molecular complexity index is 951. The van der Waals surface area contributed by atoms with Gasteiger partial charge < -0.3 is 10.6 Å². The van der Waals surface area contributed by atoms with E-state index in [0.29, 0.717) is 17.5 Å². The van der Waals surface area contributed by atoms with Gasteiger partial charge in [0.2, 0.25) is 5.91 Å². The second kappa shape index (κ2) is 7.98. The van der Waals surface area contributed by atoms with Gasteiger partial charge in [-0.2, -0.15) is 0 Å². The van der Waals surface area contributed by atoms with Crippen molar-refractivity contribution in [2.45, 2.75) is 31.8 Å². The molecule has 4 amide bonds. The zero-order valence-electron chi connectivity index (χ0n) is 16.0. The minimum absolute atomic E-state index is 0.324. The Morgan fingerprint density at radius 3 is 2.45 bits per heavy atom. The second-order valence-corrected chi connectivity index (χ2v) is 6.91. The first-order valence-corrected chi connectivity index (χ1v) is 9.22. The third kappa shape index (κ3) is 3.83. The first-order chi connectivity index (χ1) is 13.8. The number of hydrogen-bond acceptors (Lipinski definition) is 3. The van der Waals surface area contributed by atoms with E-state index in [0.717, 1.165) is 17.0 Å². The highest BCUT2D eigenvalue weighted by Crippen LogP contribution is 2.32. The van der Waals surface area contributed by atoms with Gasteiger partial charge in [-0.3, -0.25) is 14.5 Å². The molecule has 1 heterocycles. The van der Waals surface area contributed by atoms with Gasteiger partial charge in [0.15, 0.2) is 11.6 Å². The van der Waals surface area contributed by atoms with Crippen molar-refractivity contribution in [1.82, 2.24) is 15.5 Å². The number of imide groups is 1. The average Bonchev–Trinajstić information content (AvgIpc) is 2.95. The monoisotopic (exact) mass is 401 g/mol. The lowest BCUT2D eigenvalue weighted by molar-refractivity contribution is -0.135. The zero-order valence-corrected chi connectivity index (χ0v) is 16.0. The maximum atomic E-state index is 13.4. The molecule has 2 aromatic rings. The summed E-state index contributed by atoms with van der Waals surface area (Å²) in [6, 6.07) is 10.9. The first-order valence-electron chi connectivity index (χ1n) is 9.22. The largest absolute Gasteiger partial charge is 0.348 e. The van der Waals surface area contributed by atoms with Crippen molar-refractivity contribution in [3.05, 3.63) is 71.3 Å². The van der Waals surface area contributed by atoms with E-state index in [2.05, 4.69) is 10.6 Å². The summed E-state index contributed by atoms with van der Waals surface area (Å²) in [6.45, 7) is 2.89. The van der Waals surface area contributed by atoms with Crippen molar-refractivity contribution < 1.29 is 23.2 Å². The minimum Gasteiger partial charge on any atom is -0.348 e. The van der Waals surface area contributed by atoms with Gasteiger partial charge in [0.25, 0.3) is 5.91 Å². The molecule has 1 saturated heterocycles. The Hall–Kier alpha value is -3.29. The highest BCUT2D eigenvalue weighted by molar-refractivity contribution is 6.09. The van der Waals surface area contributed by atoms with Crippen LogP contribution in [-0.4, -0.2) is 29.3 Å². The van der Waals surface area contributed by atoms with Gasteiger partial charge in [-0.15, -0.1) is 0 Å². The SMILES string of the molecule is CC[C@]1(c2ccccc2)NC(=O)N(CC(=O)N[C@H](C)c2ccc(F)c(F)c2)C1=O. The van der Waals surface area contributed by atoms with Gasteiger partial charge in [-0.1, -0.05) is 43.3 Å². The minimum atomic E-state index is -1.22. The van der Waals surface area contributed by atoms with Crippen molar-refractivity contribution in [1.29, 1.82) is 0 Å². The molecule has 2 N–H and O–H groups in total. The van der Waals surface area contributed by atoms with Crippen LogP contribution >= 0.6 is 0 Å². The lowest BCUT2D eigenvalue weighted by Gasteiger charge is -2.25. The fraction of sp³-hybridized carbons (Fsp3) is 0.286. The van der Waals surface area contributed by atoms with E-state index in [-0.39, 0.29) is 0 Å². The molecule has 152 valence electrons. The molecule has 0 saturated carbocycles. The van der Waals surface area contributed by atoms with E-state index in [1.54, 1.807) is 44.2 Å². The third-order valence-electron chi connectivity index (χ3n) is 5.10. The summed E-state index contributed by atoms with van der Waals surface area (Å²) in [7, 11) is 0. The number of halogens is 2. The van der Waals surface area contributed by atoms with Gasteiger partial charge >= 0.3 is 6.03 Å².